The summed E-state index contributed by atoms with van der Waals surface area (Å²) in [5.74, 6) is 0. The van der Waals surface area contributed by atoms with Crippen molar-refractivity contribution in [2.45, 2.75) is 18.9 Å². The number of hydrogen-bond donors (Lipinski definition) is 2. The lowest BCUT2D eigenvalue weighted by molar-refractivity contribution is 0.0146. The van der Waals surface area contributed by atoms with E-state index in [1.165, 1.54) is 10.9 Å². The average Bonchev–Trinajstić information content (AvgIpc) is 2.73. The Balaban J connectivity index is 2.34. The first-order valence-corrected chi connectivity index (χ1v) is 5.49. The maximum Gasteiger partial charge on any atom is 0.0813 e. The van der Waals surface area contributed by atoms with Crippen LogP contribution in [0.25, 0.3) is 10.9 Å². The standard InChI is InChI=1S/C13H18N2O/c1-13(9-14,16-2)7-10-8-15-12-6-4-3-5-11(10)12/h3-6,8,15H,7,9,14H2,1-2H3. The fourth-order valence-corrected chi connectivity index (χ4v) is 1.91. The molecule has 3 N–H and O–H groups in total. The van der Waals surface area contributed by atoms with Crippen LogP contribution in [0.1, 0.15) is 12.5 Å². The molecular weight excluding hydrogens is 200 g/mol. The summed E-state index contributed by atoms with van der Waals surface area (Å²) in [6, 6.07) is 8.27. The van der Waals surface area contributed by atoms with Crippen LogP contribution in [0.15, 0.2) is 30.5 Å². The monoisotopic (exact) mass is 218 g/mol. The molecule has 0 spiro atoms. The maximum atomic E-state index is 5.74. The van der Waals surface area contributed by atoms with Gasteiger partial charge in [-0.1, -0.05) is 18.2 Å². The Kier molecular flexibility index (Phi) is 2.99. The summed E-state index contributed by atoms with van der Waals surface area (Å²) >= 11 is 0. The van der Waals surface area contributed by atoms with E-state index in [0.717, 1.165) is 11.9 Å². The van der Waals surface area contributed by atoms with Crippen LogP contribution in [-0.2, 0) is 11.2 Å². The topological polar surface area (TPSA) is 51.0 Å². The third-order valence-corrected chi connectivity index (χ3v) is 3.16. The van der Waals surface area contributed by atoms with Gasteiger partial charge in [-0.2, -0.15) is 0 Å². The van der Waals surface area contributed by atoms with Gasteiger partial charge in [0.25, 0.3) is 0 Å². The summed E-state index contributed by atoms with van der Waals surface area (Å²) < 4.78 is 5.47. The molecule has 0 radical (unpaired) electrons. The van der Waals surface area contributed by atoms with Crippen molar-refractivity contribution in [1.29, 1.82) is 0 Å². The third-order valence-electron chi connectivity index (χ3n) is 3.16. The molecule has 3 heteroatoms. The van der Waals surface area contributed by atoms with Crippen molar-refractivity contribution < 1.29 is 4.74 Å². The maximum absolute atomic E-state index is 5.74. The number of rotatable bonds is 4. The first-order valence-electron chi connectivity index (χ1n) is 5.49. The molecule has 2 aromatic rings. The molecule has 0 aliphatic heterocycles. The molecule has 86 valence electrons. The molecule has 0 saturated carbocycles. The van der Waals surface area contributed by atoms with Gasteiger partial charge in [0.2, 0.25) is 0 Å². The summed E-state index contributed by atoms with van der Waals surface area (Å²) in [6.07, 6.45) is 2.86. The molecule has 1 atom stereocenters. The molecule has 0 aliphatic rings. The molecule has 1 heterocycles. The fourth-order valence-electron chi connectivity index (χ4n) is 1.91. The SMILES string of the molecule is COC(C)(CN)Cc1c[nH]c2ccccc12. The number of methoxy groups -OCH3 is 1. The Bertz CT molecular complexity index is 471. The van der Waals surface area contributed by atoms with Gasteiger partial charge < -0.3 is 15.5 Å². The molecule has 0 amide bonds. The van der Waals surface area contributed by atoms with E-state index in [9.17, 15) is 0 Å². The number of aromatic nitrogens is 1. The van der Waals surface area contributed by atoms with Crippen molar-refractivity contribution >= 4 is 10.9 Å². The average molecular weight is 218 g/mol. The van der Waals surface area contributed by atoms with Crippen LogP contribution in [0.3, 0.4) is 0 Å². The fraction of sp³-hybridized carbons (Fsp3) is 0.385. The van der Waals surface area contributed by atoms with E-state index < -0.39 is 0 Å². The molecule has 2 rings (SSSR count). The largest absolute Gasteiger partial charge is 0.377 e. The van der Waals surface area contributed by atoms with Crippen molar-refractivity contribution in [1.82, 2.24) is 4.98 Å². The van der Waals surface area contributed by atoms with E-state index in [-0.39, 0.29) is 5.60 Å². The summed E-state index contributed by atoms with van der Waals surface area (Å²) in [4.78, 5) is 3.26. The third kappa shape index (κ3) is 1.96. The van der Waals surface area contributed by atoms with Crippen LogP contribution in [-0.4, -0.2) is 24.2 Å². The Morgan fingerprint density at radius 1 is 1.38 bits per heavy atom. The first kappa shape index (κ1) is 11.2. The van der Waals surface area contributed by atoms with E-state index in [2.05, 4.69) is 17.1 Å². The summed E-state index contributed by atoms with van der Waals surface area (Å²) in [5.41, 5.74) is 7.87. The minimum atomic E-state index is -0.287. The van der Waals surface area contributed by atoms with E-state index >= 15 is 0 Å². The van der Waals surface area contributed by atoms with Gasteiger partial charge in [0.1, 0.15) is 0 Å². The number of nitrogens with one attached hydrogen (secondary N) is 1. The lowest BCUT2D eigenvalue weighted by Gasteiger charge is -2.26. The highest BCUT2D eigenvalue weighted by molar-refractivity contribution is 5.83. The number of aromatic amines is 1. The zero-order chi connectivity index (χ0) is 11.6. The zero-order valence-corrected chi connectivity index (χ0v) is 9.79. The highest BCUT2D eigenvalue weighted by Crippen LogP contribution is 2.23. The van der Waals surface area contributed by atoms with E-state index in [1.807, 2.05) is 25.3 Å². The van der Waals surface area contributed by atoms with Crippen molar-refractivity contribution in [3.8, 4) is 0 Å². The number of para-hydroxylation sites is 1. The molecule has 1 unspecified atom stereocenters. The highest BCUT2D eigenvalue weighted by atomic mass is 16.5. The highest BCUT2D eigenvalue weighted by Gasteiger charge is 2.23. The van der Waals surface area contributed by atoms with Gasteiger partial charge in [0, 0.05) is 37.2 Å². The quantitative estimate of drug-likeness (QED) is 0.825. The van der Waals surface area contributed by atoms with Crippen LogP contribution in [0.5, 0.6) is 0 Å². The molecule has 1 aromatic heterocycles. The van der Waals surface area contributed by atoms with E-state index in [0.29, 0.717) is 6.54 Å². The van der Waals surface area contributed by atoms with Gasteiger partial charge in [-0.25, -0.2) is 0 Å². The molecule has 0 saturated heterocycles. The summed E-state index contributed by atoms with van der Waals surface area (Å²) in [7, 11) is 1.71. The van der Waals surface area contributed by atoms with Crippen molar-refractivity contribution in [2.24, 2.45) is 5.73 Å². The van der Waals surface area contributed by atoms with E-state index in [1.54, 1.807) is 7.11 Å². The lowest BCUT2D eigenvalue weighted by atomic mass is 9.96. The normalized spacial score (nSPS) is 15.2. The van der Waals surface area contributed by atoms with Crippen LogP contribution < -0.4 is 5.73 Å². The Hall–Kier alpha value is -1.32. The minimum absolute atomic E-state index is 0.287. The predicted octanol–water partition coefficient (Wildman–Crippen LogP) is 2.07. The molecule has 1 aromatic carbocycles. The number of nitrogens with two attached hydrogens (primary N) is 1. The van der Waals surface area contributed by atoms with Gasteiger partial charge >= 0.3 is 0 Å². The van der Waals surface area contributed by atoms with Crippen LogP contribution in [0, 0.1) is 0 Å². The molecule has 16 heavy (non-hydrogen) atoms. The van der Waals surface area contributed by atoms with Gasteiger partial charge in [0.05, 0.1) is 5.60 Å². The Morgan fingerprint density at radius 3 is 2.81 bits per heavy atom. The Labute approximate surface area is 95.6 Å². The van der Waals surface area contributed by atoms with Crippen LogP contribution >= 0.6 is 0 Å². The van der Waals surface area contributed by atoms with Crippen molar-refractivity contribution in [3.05, 3.63) is 36.0 Å². The number of hydrogen-bond acceptors (Lipinski definition) is 2. The molecule has 3 nitrogen and oxygen atoms in total. The van der Waals surface area contributed by atoms with Gasteiger partial charge in [-0.3, -0.25) is 0 Å². The Morgan fingerprint density at radius 2 is 2.12 bits per heavy atom. The van der Waals surface area contributed by atoms with Gasteiger partial charge in [0.15, 0.2) is 0 Å². The zero-order valence-electron chi connectivity index (χ0n) is 9.79. The molecule has 0 bridgehead atoms. The van der Waals surface area contributed by atoms with Gasteiger partial charge in [-0.15, -0.1) is 0 Å². The smallest absolute Gasteiger partial charge is 0.0813 e. The molecular formula is C13H18N2O. The van der Waals surface area contributed by atoms with E-state index in [4.69, 9.17) is 10.5 Å². The first-order chi connectivity index (χ1) is 7.68. The second-order valence-electron chi connectivity index (χ2n) is 4.39. The van der Waals surface area contributed by atoms with Crippen LogP contribution in [0.2, 0.25) is 0 Å². The number of fused-ring (bicyclic) bond motifs is 1. The summed E-state index contributed by atoms with van der Waals surface area (Å²) in [6.45, 7) is 2.55. The van der Waals surface area contributed by atoms with Crippen molar-refractivity contribution in [3.63, 3.8) is 0 Å². The number of ether oxygens (including phenoxy) is 1. The van der Waals surface area contributed by atoms with Crippen molar-refractivity contribution in [2.75, 3.05) is 13.7 Å². The number of benzene rings is 1. The molecule has 0 fully saturated rings. The second-order valence-corrected chi connectivity index (χ2v) is 4.39. The second kappa shape index (κ2) is 4.28. The summed E-state index contributed by atoms with van der Waals surface area (Å²) in [5, 5.41) is 1.25. The minimum Gasteiger partial charge on any atom is -0.377 e. The predicted molar refractivity (Wildman–Crippen MR) is 66.5 cm³/mol. The lowest BCUT2D eigenvalue weighted by Crippen LogP contribution is -2.38. The van der Waals surface area contributed by atoms with Crippen LogP contribution in [0.4, 0.5) is 0 Å². The molecule has 0 aliphatic carbocycles. The van der Waals surface area contributed by atoms with Gasteiger partial charge in [-0.05, 0) is 18.6 Å². The number of H-pyrrole nitrogens is 1.